The van der Waals surface area contributed by atoms with Crippen LogP contribution in [0.2, 0.25) is 10.0 Å². The Morgan fingerprint density at radius 2 is 1.61 bits per heavy atom. The quantitative estimate of drug-likeness (QED) is 0.915. The summed E-state index contributed by atoms with van der Waals surface area (Å²) in [6.07, 6.45) is 0. The van der Waals surface area contributed by atoms with Crippen molar-refractivity contribution in [3.8, 4) is 0 Å². The van der Waals surface area contributed by atoms with Gasteiger partial charge < -0.3 is 10.2 Å². The number of nitrogens with one attached hydrogen (secondary N) is 1. The molecule has 2 aromatic rings. The highest BCUT2D eigenvalue weighted by molar-refractivity contribution is 6.35. The number of benzene rings is 2. The lowest BCUT2D eigenvalue weighted by molar-refractivity contribution is 0.0947. The largest absolute Gasteiger partial charge is 0.371 e. The Balaban J connectivity index is 1.37. The number of hydrogen-bond acceptors (Lipinski definition) is 2. The van der Waals surface area contributed by atoms with Crippen molar-refractivity contribution in [3.05, 3.63) is 64.1 Å². The highest BCUT2D eigenvalue weighted by Gasteiger charge is 2.56. The van der Waals surface area contributed by atoms with Gasteiger partial charge in [0.2, 0.25) is 0 Å². The van der Waals surface area contributed by atoms with Crippen LogP contribution in [0.5, 0.6) is 0 Å². The van der Waals surface area contributed by atoms with Crippen LogP contribution in [-0.4, -0.2) is 25.0 Å². The fraction of sp³-hybridized carbons (Fsp3) is 0.278. The Bertz CT molecular complexity index is 718. The minimum absolute atomic E-state index is 0.0972. The molecule has 118 valence electrons. The van der Waals surface area contributed by atoms with Crippen molar-refractivity contribution >= 4 is 34.8 Å². The highest BCUT2D eigenvalue weighted by atomic mass is 35.5. The van der Waals surface area contributed by atoms with Gasteiger partial charge in [-0.15, -0.1) is 0 Å². The van der Waals surface area contributed by atoms with Crippen LogP contribution >= 0.6 is 23.2 Å². The minimum Gasteiger partial charge on any atom is -0.371 e. The van der Waals surface area contributed by atoms with Crippen LogP contribution in [0.4, 0.5) is 5.69 Å². The summed E-state index contributed by atoms with van der Waals surface area (Å²) in [5, 5.41) is 4.08. The molecule has 1 amide bonds. The van der Waals surface area contributed by atoms with Gasteiger partial charge in [0, 0.05) is 52.3 Å². The molecule has 2 atom stereocenters. The second-order valence-electron chi connectivity index (χ2n) is 6.23. The van der Waals surface area contributed by atoms with E-state index in [4.69, 9.17) is 23.2 Å². The van der Waals surface area contributed by atoms with E-state index in [0.29, 0.717) is 27.4 Å². The van der Waals surface area contributed by atoms with Crippen molar-refractivity contribution in [1.29, 1.82) is 0 Å². The lowest BCUT2D eigenvalue weighted by Gasteiger charge is -2.22. The molecule has 1 N–H and O–H groups in total. The summed E-state index contributed by atoms with van der Waals surface area (Å²) in [5.74, 6) is 0.975. The van der Waals surface area contributed by atoms with Crippen molar-refractivity contribution in [3.63, 3.8) is 0 Å². The van der Waals surface area contributed by atoms with Gasteiger partial charge in [-0.2, -0.15) is 0 Å². The molecule has 0 radical (unpaired) electrons. The third kappa shape index (κ3) is 2.91. The summed E-state index contributed by atoms with van der Waals surface area (Å²) in [4.78, 5) is 14.7. The van der Waals surface area contributed by atoms with E-state index in [1.807, 2.05) is 6.07 Å². The first-order valence-electron chi connectivity index (χ1n) is 7.69. The number of nitrogens with zero attached hydrogens (tertiary/aromatic N) is 1. The van der Waals surface area contributed by atoms with E-state index in [-0.39, 0.29) is 11.9 Å². The van der Waals surface area contributed by atoms with Crippen LogP contribution in [-0.2, 0) is 0 Å². The molecule has 0 aromatic heterocycles. The van der Waals surface area contributed by atoms with Crippen LogP contribution in [0.15, 0.2) is 48.5 Å². The molecule has 1 aliphatic carbocycles. The molecular formula is C18H16Cl2N2O. The fourth-order valence-electron chi connectivity index (χ4n) is 3.51. The van der Waals surface area contributed by atoms with Crippen molar-refractivity contribution in [1.82, 2.24) is 5.32 Å². The maximum atomic E-state index is 12.3. The topological polar surface area (TPSA) is 32.3 Å². The summed E-state index contributed by atoms with van der Waals surface area (Å²) in [6, 6.07) is 15.6. The Kier molecular flexibility index (Phi) is 3.70. The number of piperidine rings is 1. The van der Waals surface area contributed by atoms with E-state index >= 15 is 0 Å². The number of hydrogen-bond donors (Lipinski definition) is 1. The first-order valence-corrected chi connectivity index (χ1v) is 8.44. The summed E-state index contributed by atoms with van der Waals surface area (Å²) < 4.78 is 0. The predicted molar refractivity (Wildman–Crippen MR) is 93.4 cm³/mol. The number of halogens is 2. The number of fused-ring (bicyclic) bond motifs is 1. The SMILES string of the molecule is O=C(NC1C2CN(c3ccccc3)CC21)c1cc(Cl)cc(Cl)c1. The number of amides is 1. The summed E-state index contributed by atoms with van der Waals surface area (Å²) >= 11 is 11.9. The smallest absolute Gasteiger partial charge is 0.251 e. The van der Waals surface area contributed by atoms with Crippen molar-refractivity contribution in [2.24, 2.45) is 11.8 Å². The van der Waals surface area contributed by atoms with Gasteiger partial charge in [-0.05, 0) is 30.3 Å². The third-order valence-corrected chi connectivity index (χ3v) is 5.17. The number of rotatable bonds is 3. The zero-order valence-corrected chi connectivity index (χ0v) is 13.9. The lowest BCUT2D eigenvalue weighted by Crippen LogP contribution is -2.34. The van der Waals surface area contributed by atoms with E-state index in [9.17, 15) is 4.79 Å². The molecule has 2 aromatic carbocycles. The molecule has 0 spiro atoms. The second-order valence-corrected chi connectivity index (χ2v) is 7.10. The zero-order valence-electron chi connectivity index (χ0n) is 12.4. The van der Waals surface area contributed by atoms with Gasteiger partial charge in [0.1, 0.15) is 0 Å². The van der Waals surface area contributed by atoms with E-state index in [0.717, 1.165) is 13.1 Å². The van der Waals surface area contributed by atoms with Gasteiger partial charge in [-0.25, -0.2) is 0 Å². The van der Waals surface area contributed by atoms with Gasteiger partial charge in [0.15, 0.2) is 0 Å². The second kappa shape index (κ2) is 5.73. The van der Waals surface area contributed by atoms with Gasteiger partial charge in [-0.1, -0.05) is 41.4 Å². The van der Waals surface area contributed by atoms with Crippen LogP contribution in [0.1, 0.15) is 10.4 Å². The molecule has 0 bridgehead atoms. The van der Waals surface area contributed by atoms with Crippen LogP contribution in [0.3, 0.4) is 0 Å². The zero-order chi connectivity index (χ0) is 16.0. The van der Waals surface area contributed by atoms with Gasteiger partial charge in [0.25, 0.3) is 5.91 Å². The molecule has 1 saturated heterocycles. The minimum atomic E-state index is -0.0972. The Hall–Kier alpha value is -1.71. The van der Waals surface area contributed by atoms with Gasteiger partial charge in [0.05, 0.1) is 0 Å². The van der Waals surface area contributed by atoms with E-state index in [2.05, 4.69) is 34.5 Å². The maximum Gasteiger partial charge on any atom is 0.251 e. The highest BCUT2D eigenvalue weighted by Crippen LogP contribution is 2.46. The molecule has 1 heterocycles. The molecule has 1 aliphatic heterocycles. The number of para-hydroxylation sites is 1. The lowest BCUT2D eigenvalue weighted by atomic mass is 10.2. The van der Waals surface area contributed by atoms with Crippen LogP contribution in [0, 0.1) is 11.8 Å². The Morgan fingerprint density at radius 1 is 1.00 bits per heavy atom. The first kappa shape index (κ1) is 14.9. The van der Waals surface area contributed by atoms with Crippen molar-refractivity contribution < 1.29 is 4.79 Å². The summed E-state index contributed by atoms with van der Waals surface area (Å²) in [6.45, 7) is 1.99. The molecule has 23 heavy (non-hydrogen) atoms. The average Bonchev–Trinajstić information content (AvgIpc) is 2.97. The predicted octanol–water partition coefficient (Wildman–Crippen LogP) is 3.86. The number of anilines is 1. The van der Waals surface area contributed by atoms with E-state index in [1.165, 1.54) is 5.69 Å². The van der Waals surface area contributed by atoms with E-state index < -0.39 is 0 Å². The van der Waals surface area contributed by atoms with Crippen LogP contribution < -0.4 is 10.2 Å². The van der Waals surface area contributed by atoms with Gasteiger partial charge >= 0.3 is 0 Å². The monoisotopic (exact) mass is 346 g/mol. The molecule has 1 saturated carbocycles. The molecular weight excluding hydrogens is 331 g/mol. The van der Waals surface area contributed by atoms with Gasteiger partial charge in [-0.3, -0.25) is 4.79 Å². The number of carbonyl (C=O) groups excluding carboxylic acids is 1. The molecule has 2 fully saturated rings. The molecule has 5 heteroatoms. The average molecular weight is 347 g/mol. The fourth-order valence-corrected chi connectivity index (χ4v) is 4.04. The third-order valence-electron chi connectivity index (χ3n) is 4.74. The molecule has 2 aliphatic rings. The van der Waals surface area contributed by atoms with Crippen molar-refractivity contribution in [2.45, 2.75) is 6.04 Å². The Labute approximate surface area is 145 Å². The molecule has 4 rings (SSSR count). The first-order chi connectivity index (χ1) is 11.1. The maximum absolute atomic E-state index is 12.3. The standard InChI is InChI=1S/C18H16Cl2N2O/c19-12-6-11(7-13(20)8-12)18(23)21-17-15-9-22(10-16(15)17)14-4-2-1-3-5-14/h1-8,15-17H,9-10H2,(H,21,23). The summed E-state index contributed by atoms with van der Waals surface area (Å²) in [5.41, 5.74) is 1.78. The molecule has 3 nitrogen and oxygen atoms in total. The normalized spacial score (nSPS) is 25.1. The van der Waals surface area contributed by atoms with E-state index in [1.54, 1.807) is 18.2 Å². The molecule has 2 unspecified atom stereocenters. The number of carbonyl (C=O) groups is 1. The summed E-state index contributed by atoms with van der Waals surface area (Å²) in [7, 11) is 0. The van der Waals surface area contributed by atoms with Crippen LogP contribution in [0.25, 0.3) is 0 Å². The van der Waals surface area contributed by atoms with Crippen molar-refractivity contribution in [2.75, 3.05) is 18.0 Å². The Morgan fingerprint density at radius 3 is 2.22 bits per heavy atom.